The summed E-state index contributed by atoms with van der Waals surface area (Å²) in [5, 5.41) is 0. The molecule has 0 N–H and O–H groups in total. The molecular weight excluding hydrogens is 182 g/mol. The van der Waals surface area contributed by atoms with Gasteiger partial charge in [-0.3, -0.25) is 0 Å². The van der Waals surface area contributed by atoms with Crippen LogP contribution < -0.4 is 56.1 Å². The third-order valence-corrected chi connectivity index (χ3v) is 1.83. The third-order valence-electron chi connectivity index (χ3n) is 1.83. The van der Waals surface area contributed by atoms with Crippen molar-refractivity contribution in [2.75, 3.05) is 6.61 Å². The van der Waals surface area contributed by atoms with Crippen LogP contribution in [0.3, 0.4) is 0 Å². The van der Waals surface area contributed by atoms with Crippen LogP contribution in [0.1, 0.15) is 11.1 Å². The Morgan fingerprint density at radius 3 is 3.08 bits per heavy atom. The Bertz CT molecular complexity index is 299. The quantitative estimate of drug-likeness (QED) is 0.372. The molecule has 0 radical (unpaired) electrons. The van der Waals surface area contributed by atoms with Crippen LogP contribution in [0.2, 0.25) is 0 Å². The number of hydrogen-bond donors (Lipinski definition) is 0. The second-order valence-corrected chi connectivity index (χ2v) is 2.71. The topological polar surface area (TPSA) is 9.23 Å². The minimum atomic E-state index is -0.252. The van der Waals surface area contributed by atoms with E-state index in [0.717, 1.165) is 5.56 Å². The van der Waals surface area contributed by atoms with Crippen LogP contribution in [0, 0.1) is 18.8 Å². The molecule has 0 spiro atoms. The molecule has 0 fully saturated rings. The van der Waals surface area contributed by atoms with E-state index in [1.54, 1.807) is 0 Å². The van der Waals surface area contributed by atoms with Gasteiger partial charge in [0.05, 0.1) is 6.61 Å². The summed E-state index contributed by atoms with van der Waals surface area (Å²) >= 11 is 0. The first-order valence-electron chi connectivity index (χ1n) is 3.61. The summed E-state index contributed by atoms with van der Waals surface area (Å²) in [7, 11) is 0. The van der Waals surface area contributed by atoms with E-state index in [1.165, 1.54) is 0 Å². The summed E-state index contributed by atoms with van der Waals surface area (Å²) in [4.78, 5) is 0. The van der Waals surface area contributed by atoms with Crippen LogP contribution in [-0.2, 0) is 6.42 Å². The van der Waals surface area contributed by atoms with E-state index in [-0.39, 0.29) is 57.2 Å². The van der Waals surface area contributed by atoms with Crippen molar-refractivity contribution in [3.63, 3.8) is 0 Å². The number of hydrogen-bond acceptors (Lipinski definition) is 1. The van der Waals surface area contributed by atoms with Crippen LogP contribution in [0.15, 0.2) is 6.07 Å². The van der Waals surface area contributed by atoms with Crippen LogP contribution >= 0.6 is 0 Å². The van der Waals surface area contributed by atoms with Crippen molar-refractivity contribution in [2.24, 2.45) is 0 Å². The van der Waals surface area contributed by atoms with Crippen molar-refractivity contribution in [3.05, 3.63) is 29.1 Å². The molecule has 0 saturated heterocycles. The number of rotatable bonds is 0. The van der Waals surface area contributed by atoms with Gasteiger partial charge in [0.2, 0.25) is 0 Å². The SMILES string of the molecule is Cc1[c-]c(F)c2c(c1)OCC2.[K+]. The molecule has 0 unspecified atom stereocenters. The first-order valence-corrected chi connectivity index (χ1v) is 3.61. The van der Waals surface area contributed by atoms with Gasteiger partial charge in [0.25, 0.3) is 0 Å². The third kappa shape index (κ3) is 1.91. The number of halogens is 1. The second kappa shape index (κ2) is 4.20. The molecule has 12 heavy (non-hydrogen) atoms. The van der Waals surface area contributed by atoms with Gasteiger partial charge in [-0.15, -0.1) is 12.1 Å². The predicted molar refractivity (Wildman–Crippen MR) is 39.2 cm³/mol. The molecular formula is C9H8FKO. The van der Waals surface area contributed by atoms with Gasteiger partial charge >= 0.3 is 51.4 Å². The maximum absolute atomic E-state index is 13.0. The molecule has 0 aliphatic carbocycles. The monoisotopic (exact) mass is 190 g/mol. The van der Waals surface area contributed by atoms with E-state index >= 15 is 0 Å². The van der Waals surface area contributed by atoms with Gasteiger partial charge in [-0.05, 0) is 6.42 Å². The zero-order valence-corrected chi connectivity index (χ0v) is 10.4. The Hall–Kier alpha value is 0.586. The molecule has 0 saturated carbocycles. The standard InChI is InChI=1S/C9H8FO.K/c1-6-4-8(10)7-2-3-11-9(7)5-6;/h5H,2-3H2,1H3;/q-1;+1. The molecule has 1 aromatic rings. The fourth-order valence-corrected chi connectivity index (χ4v) is 1.30. The molecule has 0 aromatic heterocycles. The number of ether oxygens (including phenoxy) is 1. The first kappa shape index (κ1) is 10.7. The molecule has 1 heterocycles. The van der Waals surface area contributed by atoms with E-state index in [1.807, 2.05) is 13.0 Å². The Balaban J connectivity index is 0.000000720. The van der Waals surface area contributed by atoms with E-state index in [4.69, 9.17) is 4.74 Å². The number of aryl methyl sites for hydroxylation is 1. The maximum atomic E-state index is 13.0. The largest absolute Gasteiger partial charge is 1.00 e. The van der Waals surface area contributed by atoms with Crippen LogP contribution in [-0.4, -0.2) is 6.61 Å². The van der Waals surface area contributed by atoms with Crippen molar-refractivity contribution >= 4 is 0 Å². The molecule has 58 valence electrons. The van der Waals surface area contributed by atoms with Crippen molar-refractivity contribution in [3.8, 4) is 5.75 Å². The summed E-state index contributed by atoms with van der Waals surface area (Å²) in [6.45, 7) is 2.41. The van der Waals surface area contributed by atoms with Crippen LogP contribution in [0.4, 0.5) is 4.39 Å². The van der Waals surface area contributed by atoms with Gasteiger partial charge in [-0.25, -0.2) is 4.39 Å². The molecule has 1 nitrogen and oxygen atoms in total. The summed E-state index contributed by atoms with van der Waals surface area (Å²) in [5.74, 6) is 0.441. The van der Waals surface area contributed by atoms with Gasteiger partial charge in [-0.2, -0.15) is 5.56 Å². The molecule has 0 atom stereocenters. The summed E-state index contributed by atoms with van der Waals surface area (Å²) < 4.78 is 18.2. The van der Waals surface area contributed by atoms with Crippen LogP contribution in [0.5, 0.6) is 5.75 Å². The van der Waals surface area contributed by atoms with E-state index in [9.17, 15) is 4.39 Å². The Morgan fingerprint density at radius 2 is 2.33 bits per heavy atom. The average molecular weight is 190 g/mol. The summed E-state index contributed by atoms with van der Waals surface area (Å²) in [6, 6.07) is 4.45. The summed E-state index contributed by atoms with van der Waals surface area (Å²) in [6.07, 6.45) is 0.679. The van der Waals surface area contributed by atoms with Gasteiger partial charge < -0.3 is 4.74 Å². The molecule has 1 aromatic carbocycles. The molecule has 3 heteroatoms. The Morgan fingerprint density at radius 1 is 1.58 bits per heavy atom. The van der Waals surface area contributed by atoms with E-state index in [0.29, 0.717) is 24.3 Å². The maximum Gasteiger partial charge on any atom is 1.00 e. The van der Waals surface area contributed by atoms with E-state index < -0.39 is 0 Å². The van der Waals surface area contributed by atoms with E-state index in [2.05, 4.69) is 6.07 Å². The first-order chi connectivity index (χ1) is 5.27. The predicted octanol–water partition coefficient (Wildman–Crippen LogP) is -1.13. The van der Waals surface area contributed by atoms with Gasteiger partial charge in [0, 0.05) is 11.6 Å². The Kier molecular flexibility index (Phi) is 3.73. The molecule has 0 amide bonds. The van der Waals surface area contributed by atoms with Gasteiger partial charge in [0.15, 0.2) is 0 Å². The van der Waals surface area contributed by atoms with Crippen molar-refractivity contribution in [1.29, 1.82) is 0 Å². The zero-order valence-electron chi connectivity index (χ0n) is 7.28. The Labute approximate surface area is 114 Å². The normalized spacial score (nSPS) is 13.2. The molecule has 2 rings (SSSR count). The van der Waals surface area contributed by atoms with Gasteiger partial charge in [-0.1, -0.05) is 12.5 Å². The van der Waals surface area contributed by atoms with Crippen molar-refractivity contribution in [2.45, 2.75) is 13.3 Å². The van der Waals surface area contributed by atoms with Crippen LogP contribution in [0.25, 0.3) is 0 Å². The summed E-state index contributed by atoms with van der Waals surface area (Å²) in [5.41, 5.74) is 1.47. The molecule has 0 bridgehead atoms. The smallest absolute Gasteiger partial charge is 0.519 e. The van der Waals surface area contributed by atoms with Gasteiger partial charge in [0.1, 0.15) is 0 Å². The fourth-order valence-electron chi connectivity index (χ4n) is 1.30. The molecule has 1 aliphatic rings. The second-order valence-electron chi connectivity index (χ2n) is 2.71. The average Bonchev–Trinajstić information content (AvgIpc) is 2.34. The fraction of sp³-hybridized carbons (Fsp3) is 0.333. The minimum Gasteiger partial charge on any atom is -0.519 e. The van der Waals surface area contributed by atoms with Crippen molar-refractivity contribution < 1.29 is 60.5 Å². The zero-order chi connectivity index (χ0) is 7.84. The van der Waals surface area contributed by atoms with Crippen molar-refractivity contribution in [1.82, 2.24) is 0 Å². The minimum absolute atomic E-state index is 0. The number of benzene rings is 1. The number of fused-ring (bicyclic) bond motifs is 1. The molecule has 1 aliphatic heterocycles.